The predicted octanol–water partition coefficient (Wildman–Crippen LogP) is 0.122. The Labute approximate surface area is 62.2 Å². The van der Waals surface area contributed by atoms with E-state index < -0.39 is 0 Å². The molecule has 0 unspecified atom stereocenters. The number of carbonyl (C=O) groups excluding carboxylic acids is 1. The summed E-state index contributed by atoms with van der Waals surface area (Å²) in [6.07, 6.45) is 2.70. The molecule has 0 aromatic carbocycles. The Morgan fingerprint density at radius 2 is 2.00 bits per heavy atom. The van der Waals surface area contributed by atoms with Gasteiger partial charge in [-0.05, 0) is 26.4 Å². The van der Waals surface area contributed by atoms with Crippen LogP contribution >= 0.6 is 0 Å². The van der Waals surface area contributed by atoms with Gasteiger partial charge in [-0.2, -0.15) is 0 Å². The molecule has 0 rings (SSSR count). The molecular formula is C7H16N2O. The smallest absolute Gasteiger partial charge is 0.219 e. The zero-order chi connectivity index (χ0) is 7.82. The lowest BCUT2D eigenvalue weighted by atomic mass is 10.2. The van der Waals surface area contributed by atoms with Gasteiger partial charge in [-0.3, -0.25) is 4.79 Å². The number of hydrogen-bond acceptors (Lipinski definition) is 2. The summed E-state index contributed by atoms with van der Waals surface area (Å²) in [5.74, 6) is 0.135. The molecule has 0 aliphatic rings. The van der Waals surface area contributed by atoms with E-state index in [0.29, 0.717) is 6.42 Å². The molecule has 2 N–H and O–H groups in total. The minimum Gasteiger partial charge on any atom is -0.359 e. The van der Waals surface area contributed by atoms with Gasteiger partial charge in [0.05, 0.1) is 0 Å². The second-order valence-electron chi connectivity index (χ2n) is 2.23. The van der Waals surface area contributed by atoms with Gasteiger partial charge in [-0.25, -0.2) is 0 Å². The first-order valence-electron chi connectivity index (χ1n) is 3.66. The third-order valence-corrected chi connectivity index (χ3v) is 1.36. The Bertz CT molecular complexity index is 93.6. The van der Waals surface area contributed by atoms with Gasteiger partial charge in [0.25, 0.3) is 0 Å². The molecule has 0 aliphatic heterocycles. The van der Waals surface area contributed by atoms with Gasteiger partial charge in [-0.1, -0.05) is 0 Å². The summed E-state index contributed by atoms with van der Waals surface area (Å²) >= 11 is 0. The van der Waals surface area contributed by atoms with E-state index in [1.165, 1.54) is 0 Å². The highest BCUT2D eigenvalue weighted by atomic mass is 16.1. The lowest BCUT2D eigenvalue weighted by Gasteiger charge is -1.98. The summed E-state index contributed by atoms with van der Waals surface area (Å²) in [6.45, 7) is 0.997. The van der Waals surface area contributed by atoms with Crippen LogP contribution in [0.2, 0.25) is 0 Å². The number of hydrogen-bond donors (Lipinski definition) is 2. The van der Waals surface area contributed by atoms with Crippen molar-refractivity contribution in [2.45, 2.75) is 19.3 Å². The Balaban J connectivity index is 2.96. The van der Waals surface area contributed by atoms with Gasteiger partial charge in [0, 0.05) is 13.5 Å². The Morgan fingerprint density at radius 1 is 1.30 bits per heavy atom. The summed E-state index contributed by atoms with van der Waals surface area (Å²) in [5.41, 5.74) is 0. The average Bonchev–Trinajstić information content (AvgIpc) is 1.98. The number of unbranched alkanes of at least 4 members (excludes halogenated alkanes) is 1. The first-order valence-corrected chi connectivity index (χ1v) is 3.66. The van der Waals surface area contributed by atoms with Crippen LogP contribution in [-0.4, -0.2) is 26.5 Å². The third kappa shape index (κ3) is 5.56. The van der Waals surface area contributed by atoms with E-state index in [9.17, 15) is 4.79 Å². The van der Waals surface area contributed by atoms with Crippen LogP contribution in [0, 0.1) is 0 Å². The first-order chi connectivity index (χ1) is 4.81. The van der Waals surface area contributed by atoms with Gasteiger partial charge in [0.1, 0.15) is 0 Å². The van der Waals surface area contributed by atoms with Crippen LogP contribution in [0.15, 0.2) is 0 Å². The molecule has 0 bridgehead atoms. The van der Waals surface area contributed by atoms with Gasteiger partial charge in [-0.15, -0.1) is 0 Å². The molecule has 0 aromatic heterocycles. The van der Waals surface area contributed by atoms with Crippen molar-refractivity contribution in [2.75, 3.05) is 20.6 Å². The standard InChI is InChI=1S/C7H16N2O/c1-8-6-4-3-5-7(10)9-2/h8H,3-6H2,1-2H3,(H,9,10). The van der Waals surface area contributed by atoms with Crippen molar-refractivity contribution in [2.24, 2.45) is 0 Å². The highest BCUT2D eigenvalue weighted by molar-refractivity contribution is 5.75. The normalized spacial score (nSPS) is 9.40. The number of carbonyl (C=O) groups is 1. The molecule has 0 aromatic rings. The minimum atomic E-state index is 0.135. The van der Waals surface area contributed by atoms with Crippen molar-refractivity contribution in [1.29, 1.82) is 0 Å². The zero-order valence-electron chi connectivity index (χ0n) is 6.74. The summed E-state index contributed by atoms with van der Waals surface area (Å²) < 4.78 is 0. The van der Waals surface area contributed by atoms with Gasteiger partial charge >= 0.3 is 0 Å². The molecule has 0 heterocycles. The molecule has 3 nitrogen and oxygen atoms in total. The van der Waals surface area contributed by atoms with Crippen LogP contribution in [0.1, 0.15) is 19.3 Å². The minimum absolute atomic E-state index is 0.135. The SMILES string of the molecule is CNCCCCC(=O)NC. The van der Waals surface area contributed by atoms with Crippen molar-refractivity contribution in [3.05, 3.63) is 0 Å². The monoisotopic (exact) mass is 144 g/mol. The van der Waals surface area contributed by atoms with Crippen LogP contribution in [0.3, 0.4) is 0 Å². The fraction of sp³-hybridized carbons (Fsp3) is 0.857. The fourth-order valence-electron chi connectivity index (χ4n) is 0.712. The summed E-state index contributed by atoms with van der Waals surface area (Å²) in [7, 11) is 3.58. The van der Waals surface area contributed by atoms with Crippen molar-refractivity contribution < 1.29 is 4.79 Å². The maximum Gasteiger partial charge on any atom is 0.219 e. The summed E-state index contributed by atoms with van der Waals surface area (Å²) in [6, 6.07) is 0. The van der Waals surface area contributed by atoms with Gasteiger partial charge < -0.3 is 10.6 Å². The molecule has 3 heteroatoms. The number of nitrogens with one attached hydrogen (secondary N) is 2. The molecule has 0 radical (unpaired) electrons. The van der Waals surface area contributed by atoms with E-state index in [1.54, 1.807) is 7.05 Å². The quantitative estimate of drug-likeness (QED) is 0.538. The summed E-state index contributed by atoms with van der Waals surface area (Å²) in [5, 5.41) is 5.61. The molecule has 0 fully saturated rings. The summed E-state index contributed by atoms with van der Waals surface area (Å²) in [4.78, 5) is 10.6. The van der Waals surface area contributed by atoms with Gasteiger partial charge in [0.2, 0.25) is 5.91 Å². The molecule has 0 spiro atoms. The van der Waals surface area contributed by atoms with Crippen molar-refractivity contribution in [3.8, 4) is 0 Å². The van der Waals surface area contributed by atoms with Crippen molar-refractivity contribution in [3.63, 3.8) is 0 Å². The second-order valence-corrected chi connectivity index (χ2v) is 2.23. The highest BCUT2D eigenvalue weighted by Gasteiger charge is 1.95. The topological polar surface area (TPSA) is 41.1 Å². The number of rotatable bonds is 5. The lowest BCUT2D eigenvalue weighted by Crippen LogP contribution is -2.17. The molecule has 60 valence electrons. The molecule has 0 saturated heterocycles. The van der Waals surface area contributed by atoms with Crippen LogP contribution in [0.5, 0.6) is 0 Å². The maximum atomic E-state index is 10.6. The lowest BCUT2D eigenvalue weighted by molar-refractivity contribution is -0.120. The molecule has 1 amide bonds. The van der Waals surface area contributed by atoms with Crippen molar-refractivity contribution in [1.82, 2.24) is 10.6 Å². The second kappa shape index (κ2) is 6.55. The predicted molar refractivity (Wildman–Crippen MR) is 41.8 cm³/mol. The zero-order valence-corrected chi connectivity index (χ0v) is 6.74. The first kappa shape index (κ1) is 9.43. The molecule has 10 heavy (non-hydrogen) atoms. The largest absolute Gasteiger partial charge is 0.359 e. The van der Waals surface area contributed by atoms with Gasteiger partial charge in [0.15, 0.2) is 0 Å². The molecular weight excluding hydrogens is 128 g/mol. The van der Waals surface area contributed by atoms with E-state index in [2.05, 4.69) is 10.6 Å². The van der Waals surface area contributed by atoms with E-state index in [0.717, 1.165) is 19.4 Å². The Hall–Kier alpha value is -0.570. The third-order valence-electron chi connectivity index (χ3n) is 1.36. The molecule has 0 aliphatic carbocycles. The highest BCUT2D eigenvalue weighted by Crippen LogP contribution is 1.92. The average molecular weight is 144 g/mol. The van der Waals surface area contributed by atoms with E-state index in [-0.39, 0.29) is 5.91 Å². The van der Waals surface area contributed by atoms with E-state index in [4.69, 9.17) is 0 Å². The molecule has 0 atom stereocenters. The van der Waals surface area contributed by atoms with Crippen molar-refractivity contribution >= 4 is 5.91 Å². The van der Waals surface area contributed by atoms with E-state index in [1.807, 2.05) is 7.05 Å². The van der Waals surface area contributed by atoms with Crippen LogP contribution < -0.4 is 10.6 Å². The van der Waals surface area contributed by atoms with Crippen LogP contribution in [0.25, 0.3) is 0 Å². The maximum absolute atomic E-state index is 10.6. The Morgan fingerprint density at radius 3 is 2.50 bits per heavy atom. The number of amides is 1. The van der Waals surface area contributed by atoms with E-state index >= 15 is 0 Å². The molecule has 0 saturated carbocycles. The van der Waals surface area contributed by atoms with Crippen LogP contribution in [-0.2, 0) is 4.79 Å². The Kier molecular flexibility index (Phi) is 6.18. The fourth-order valence-corrected chi connectivity index (χ4v) is 0.712. The van der Waals surface area contributed by atoms with Crippen LogP contribution in [0.4, 0.5) is 0 Å².